The van der Waals surface area contributed by atoms with E-state index in [1.807, 2.05) is 30.3 Å². The summed E-state index contributed by atoms with van der Waals surface area (Å²) in [4.78, 5) is 26.6. The maximum atomic E-state index is 12.8. The van der Waals surface area contributed by atoms with Gasteiger partial charge in [0.15, 0.2) is 0 Å². The molecule has 2 amide bonds. The number of rotatable bonds is 3. The van der Waals surface area contributed by atoms with Crippen LogP contribution in [0.25, 0.3) is 0 Å². The lowest BCUT2D eigenvalue weighted by molar-refractivity contribution is -0.140. The number of carbonyl (C=O) groups excluding carboxylic acids is 2. The van der Waals surface area contributed by atoms with Gasteiger partial charge in [-0.25, -0.2) is 0 Å². The van der Waals surface area contributed by atoms with Crippen LogP contribution in [0.3, 0.4) is 0 Å². The lowest BCUT2D eigenvalue weighted by atomic mass is 9.84. The molecule has 4 nitrogen and oxygen atoms in total. The van der Waals surface area contributed by atoms with Crippen molar-refractivity contribution in [1.29, 1.82) is 0 Å². The molecular formula is C19H19ClN2O2. The van der Waals surface area contributed by atoms with Gasteiger partial charge in [-0.2, -0.15) is 0 Å². The second kappa shape index (κ2) is 7.05. The topological polar surface area (TPSA) is 49.4 Å². The summed E-state index contributed by atoms with van der Waals surface area (Å²) in [6.07, 6.45) is 0.919. The van der Waals surface area contributed by atoms with Gasteiger partial charge in [0.1, 0.15) is 0 Å². The van der Waals surface area contributed by atoms with E-state index in [4.69, 9.17) is 11.6 Å². The average molecular weight is 343 g/mol. The number of piperidine rings is 1. The third kappa shape index (κ3) is 3.44. The van der Waals surface area contributed by atoms with E-state index in [0.717, 1.165) is 5.56 Å². The van der Waals surface area contributed by atoms with Crippen molar-refractivity contribution >= 4 is 29.1 Å². The highest BCUT2D eigenvalue weighted by molar-refractivity contribution is 6.30. The zero-order valence-corrected chi connectivity index (χ0v) is 14.2. The van der Waals surface area contributed by atoms with Gasteiger partial charge in [0, 0.05) is 24.2 Å². The van der Waals surface area contributed by atoms with Crippen LogP contribution >= 0.6 is 11.6 Å². The zero-order chi connectivity index (χ0) is 17.1. The van der Waals surface area contributed by atoms with Gasteiger partial charge < -0.3 is 10.2 Å². The fraction of sp³-hybridized carbons (Fsp3) is 0.263. The minimum Gasteiger partial charge on any atom is -0.338 e. The second-order valence-corrected chi connectivity index (χ2v) is 6.44. The maximum Gasteiger partial charge on any atom is 0.229 e. The first-order valence-electron chi connectivity index (χ1n) is 7.93. The van der Waals surface area contributed by atoms with Crippen LogP contribution in [0.1, 0.15) is 24.4 Å². The number of amides is 2. The SMILES string of the molecule is CN1C(=O)CC[C@H](C(=O)Nc2cccc(Cl)c2)[C@H]1c1ccccc1. The molecule has 2 atom stereocenters. The van der Waals surface area contributed by atoms with E-state index in [1.165, 1.54) is 0 Å². The number of halogens is 1. The smallest absolute Gasteiger partial charge is 0.229 e. The average Bonchev–Trinajstić information content (AvgIpc) is 2.58. The van der Waals surface area contributed by atoms with Crippen molar-refractivity contribution in [3.05, 3.63) is 65.2 Å². The lowest BCUT2D eigenvalue weighted by Crippen LogP contribution is -2.44. The first kappa shape index (κ1) is 16.5. The Hall–Kier alpha value is -2.33. The van der Waals surface area contributed by atoms with Gasteiger partial charge in [-0.05, 0) is 30.2 Å². The lowest BCUT2D eigenvalue weighted by Gasteiger charge is -2.38. The molecule has 1 aliphatic rings. The normalized spacial score (nSPS) is 20.8. The third-order valence-corrected chi connectivity index (χ3v) is 4.67. The Morgan fingerprint density at radius 3 is 2.62 bits per heavy atom. The summed E-state index contributed by atoms with van der Waals surface area (Å²) in [5, 5.41) is 3.50. The molecule has 2 aromatic rings. The molecule has 0 saturated carbocycles. The maximum absolute atomic E-state index is 12.8. The summed E-state index contributed by atoms with van der Waals surface area (Å²) in [5.74, 6) is -0.324. The Morgan fingerprint density at radius 2 is 1.92 bits per heavy atom. The molecule has 1 heterocycles. The van der Waals surface area contributed by atoms with Crippen LogP contribution in [0.15, 0.2) is 54.6 Å². The summed E-state index contributed by atoms with van der Waals surface area (Å²) in [5.41, 5.74) is 1.64. The van der Waals surface area contributed by atoms with E-state index >= 15 is 0 Å². The third-order valence-electron chi connectivity index (χ3n) is 4.43. The summed E-state index contributed by atoms with van der Waals surface area (Å²) in [6.45, 7) is 0. The van der Waals surface area contributed by atoms with Gasteiger partial charge in [0.25, 0.3) is 0 Å². The Labute approximate surface area is 146 Å². The minimum absolute atomic E-state index is 0.0654. The van der Waals surface area contributed by atoms with Gasteiger partial charge >= 0.3 is 0 Å². The molecule has 0 spiro atoms. The summed E-state index contributed by atoms with van der Waals surface area (Å²) in [7, 11) is 1.76. The molecule has 124 valence electrons. The van der Waals surface area contributed by atoms with E-state index < -0.39 is 0 Å². The van der Waals surface area contributed by atoms with Crippen LogP contribution in [0.5, 0.6) is 0 Å². The predicted molar refractivity (Wildman–Crippen MR) is 94.8 cm³/mol. The molecule has 0 bridgehead atoms. The van der Waals surface area contributed by atoms with E-state index in [9.17, 15) is 9.59 Å². The van der Waals surface area contributed by atoms with Crippen LogP contribution in [0.2, 0.25) is 5.02 Å². The van der Waals surface area contributed by atoms with Gasteiger partial charge in [0.2, 0.25) is 11.8 Å². The number of likely N-dealkylation sites (tertiary alicyclic amines) is 1. The second-order valence-electron chi connectivity index (χ2n) is 6.00. The molecular weight excluding hydrogens is 324 g/mol. The van der Waals surface area contributed by atoms with Crippen LogP contribution < -0.4 is 5.32 Å². The number of benzene rings is 2. The quantitative estimate of drug-likeness (QED) is 0.920. The van der Waals surface area contributed by atoms with Crippen LogP contribution in [-0.4, -0.2) is 23.8 Å². The monoisotopic (exact) mass is 342 g/mol. The Balaban J connectivity index is 1.86. The van der Waals surface area contributed by atoms with E-state index in [0.29, 0.717) is 23.6 Å². The minimum atomic E-state index is -0.297. The number of hydrogen-bond donors (Lipinski definition) is 1. The summed E-state index contributed by atoms with van der Waals surface area (Å²) in [6, 6.07) is 16.5. The first-order chi connectivity index (χ1) is 11.6. The number of hydrogen-bond acceptors (Lipinski definition) is 2. The van der Waals surface area contributed by atoms with Crippen molar-refractivity contribution in [2.24, 2.45) is 5.92 Å². The molecule has 1 aliphatic heterocycles. The molecule has 0 aromatic heterocycles. The number of nitrogens with zero attached hydrogens (tertiary/aromatic N) is 1. The Morgan fingerprint density at radius 1 is 1.17 bits per heavy atom. The molecule has 0 aliphatic carbocycles. The van der Waals surface area contributed by atoms with Gasteiger partial charge in [-0.15, -0.1) is 0 Å². The number of carbonyl (C=O) groups is 2. The van der Waals surface area contributed by atoms with Gasteiger partial charge in [-0.1, -0.05) is 48.0 Å². The van der Waals surface area contributed by atoms with Crippen LogP contribution in [0, 0.1) is 5.92 Å². The zero-order valence-electron chi connectivity index (χ0n) is 13.4. The van der Waals surface area contributed by atoms with Gasteiger partial charge in [-0.3, -0.25) is 9.59 Å². The first-order valence-corrected chi connectivity index (χ1v) is 8.31. The Kier molecular flexibility index (Phi) is 4.86. The van der Waals surface area contributed by atoms with Crippen LogP contribution in [0.4, 0.5) is 5.69 Å². The van der Waals surface area contributed by atoms with Crippen molar-refractivity contribution in [2.45, 2.75) is 18.9 Å². The standard InChI is InChI=1S/C19H19ClN2O2/c1-22-17(23)11-10-16(18(22)13-6-3-2-4-7-13)19(24)21-15-9-5-8-14(20)12-15/h2-9,12,16,18H,10-11H2,1H3,(H,21,24)/t16-,18+/m0/s1. The summed E-state index contributed by atoms with van der Waals surface area (Å²) < 4.78 is 0. The number of nitrogens with one attached hydrogen (secondary N) is 1. The molecule has 0 unspecified atom stereocenters. The fourth-order valence-electron chi connectivity index (χ4n) is 3.22. The molecule has 3 rings (SSSR count). The number of anilines is 1. The summed E-state index contributed by atoms with van der Waals surface area (Å²) >= 11 is 5.98. The van der Waals surface area contributed by atoms with Crippen molar-refractivity contribution in [3.8, 4) is 0 Å². The largest absolute Gasteiger partial charge is 0.338 e. The van der Waals surface area contributed by atoms with Crippen molar-refractivity contribution in [2.75, 3.05) is 12.4 Å². The van der Waals surface area contributed by atoms with Crippen molar-refractivity contribution in [1.82, 2.24) is 4.90 Å². The van der Waals surface area contributed by atoms with E-state index in [-0.39, 0.29) is 23.8 Å². The van der Waals surface area contributed by atoms with Crippen molar-refractivity contribution < 1.29 is 9.59 Å². The van der Waals surface area contributed by atoms with Gasteiger partial charge in [0.05, 0.1) is 12.0 Å². The van der Waals surface area contributed by atoms with Crippen LogP contribution in [-0.2, 0) is 9.59 Å². The highest BCUT2D eigenvalue weighted by Gasteiger charge is 2.38. The molecule has 0 radical (unpaired) electrons. The molecule has 2 aromatic carbocycles. The van der Waals surface area contributed by atoms with Crippen molar-refractivity contribution in [3.63, 3.8) is 0 Å². The van der Waals surface area contributed by atoms with E-state index in [1.54, 1.807) is 36.2 Å². The molecule has 1 saturated heterocycles. The fourth-order valence-corrected chi connectivity index (χ4v) is 3.41. The highest BCUT2D eigenvalue weighted by atomic mass is 35.5. The molecule has 1 N–H and O–H groups in total. The molecule has 24 heavy (non-hydrogen) atoms. The Bertz CT molecular complexity index is 748. The predicted octanol–water partition coefficient (Wildman–Crippen LogP) is 3.89. The molecule has 5 heteroatoms. The highest BCUT2D eigenvalue weighted by Crippen LogP contribution is 2.36. The molecule has 1 fully saturated rings. The van der Waals surface area contributed by atoms with E-state index in [2.05, 4.69) is 5.32 Å².